The van der Waals surface area contributed by atoms with E-state index < -0.39 is 0 Å². The van der Waals surface area contributed by atoms with Gasteiger partial charge in [-0.15, -0.1) is 0 Å². The highest BCUT2D eigenvalue weighted by molar-refractivity contribution is 6.20. The molecule has 0 unspecified atom stereocenters. The zero-order valence-electron chi connectivity index (χ0n) is 5.36. The van der Waals surface area contributed by atoms with Gasteiger partial charge in [-0.05, 0) is 11.4 Å². The van der Waals surface area contributed by atoms with E-state index in [1.807, 2.05) is 23.7 Å². The molecule has 0 atom stereocenters. The number of rotatable bonds is 0. The Labute approximate surface area is 62.7 Å². The highest BCUT2D eigenvalue weighted by Gasteiger charge is 1.58. The van der Waals surface area contributed by atoms with E-state index in [0.29, 0.717) is 0 Å². The van der Waals surface area contributed by atoms with Crippen LogP contribution in [0.1, 0.15) is 0 Å². The normalized spacial score (nSPS) is 8.00. The Hall–Kier alpha value is -0.886. The lowest BCUT2D eigenvalue weighted by Gasteiger charge is -1.51. The van der Waals surface area contributed by atoms with Gasteiger partial charge in [-0.1, -0.05) is 0 Å². The van der Waals surface area contributed by atoms with Crippen molar-refractivity contribution in [2.45, 2.75) is 0 Å². The third kappa shape index (κ3) is 3.20. The van der Waals surface area contributed by atoms with Gasteiger partial charge in [0.25, 0.3) is 0 Å². The molecular formula is C4H8N4Si2. The summed E-state index contributed by atoms with van der Waals surface area (Å²) in [6.07, 6.45) is 3.71. The van der Waals surface area contributed by atoms with Crippen molar-refractivity contribution in [1.82, 2.24) is 19.7 Å². The third-order valence-corrected chi connectivity index (χ3v) is 2.14. The molecule has 6 heteroatoms. The van der Waals surface area contributed by atoms with Gasteiger partial charge in [-0.3, -0.25) is 10.2 Å². The predicted octanol–water partition coefficient (Wildman–Crippen LogP) is -1.04. The molecule has 0 aromatic carbocycles. The molecule has 2 aromatic heterocycles. The first kappa shape index (κ1) is 7.22. The maximum atomic E-state index is 3.81. The lowest BCUT2D eigenvalue weighted by atomic mass is 11.0. The molecule has 2 heterocycles. The minimum atomic E-state index is 0.259. The summed E-state index contributed by atoms with van der Waals surface area (Å²) < 4.78 is 7.61. The highest BCUT2D eigenvalue weighted by Crippen LogP contribution is 1.55. The molecule has 0 aliphatic carbocycles. The molecule has 2 aromatic rings. The molecule has 0 fully saturated rings. The van der Waals surface area contributed by atoms with Gasteiger partial charge in [0.05, 0.1) is 0 Å². The molecule has 2 rings (SSSR count). The number of nitrogens with one attached hydrogen (secondary N) is 2. The SMILES string of the molecule is c1c[siH]n[nH]1.c1c[siH]n[nH]1. The fourth-order valence-corrected chi connectivity index (χ4v) is 1.29. The van der Waals surface area contributed by atoms with E-state index in [-0.39, 0.29) is 18.6 Å². The second-order valence-electron chi connectivity index (χ2n) is 1.53. The quantitative estimate of drug-likeness (QED) is 0.494. The number of nitrogens with zero attached hydrogens (tertiary/aromatic N) is 2. The molecule has 0 aliphatic heterocycles. The van der Waals surface area contributed by atoms with Gasteiger partial charge in [-0.2, -0.15) is 0 Å². The van der Waals surface area contributed by atoms with Gasteiger partial charge in [0.1, 0.15) is 0 Å². The smallest absolute Gasteiger partial charge is 0.167 e. The average Bonchev–Trinajstić information content (AvgIpc) is 2.67. The van der Waals surface area contributed by atoms with Crippen LogP contribution >= 0.6 is 0 Å². The molecule has 0 radical (unpaired) electrons. The first-order valence-corrected chi connectivity index (χ1v) is 5.24. The Kier molecular flexibility index (Phi) is 3.57. The van der Waals surface area contributed by atoms with E-state index in [9.17, 15) is 0 Å². The van der Waals surface area contributed by atoms with Crippen molar-refractivity contribution in [3.63, 3.8) is 0 Å². The Morgan fingerprint density at radius 1 is 0.900 bits per heavy atom. The summed E-state index contributed by atoms with van der Waals surface area (Å²) in [6, 6.07) is 0. The summed E-state index contributed by atoms with van der Waals surface area (Å²) in [5, 5.41) is 5.41. The summed E-state index contributed by atoms with van der Waals surface area (Å²) in [7, 11) is 0.519. The molecule has 10 heavy (non-hydrogen) atoms. The van der Waals surface area contributed by atoms with Crippen LogP contribution in [0.2, 0.25) is 0 Å². The van der Waals surface area contributed by atoms with Crippen LogP contribution in [0.3, 0.4) is 0 Å². The maximum absolute atomic E-state index is 3.81. The highest BCUT2D eigenvalue weighted by atomic mass is 28.2. The first-order chi connectivity index (χ1) is 5.00. The van der Waals surface area contributed by atoms with Crippen LogP contribution in [0.5, 0.6) is 0 Å². The van der Waals surface area contributed by atoms with Crippen molar-refractivity contribution < 1.29 is 0 Å². The lowest BCUT2D eigenvalue weighted by molar-refractivity contribution is 1.15. The average molecular weight is 168 g/mol. The minimum absolute atomic E-state index is 0.259. The fourth-order valence-electron chi connectivity index (χ4n) is 0.430. The Balaban J connectivity index is 0.0000001000. The zero-order chi connectivity index (χ0) is 7.07. The van der Waals surface area contributed by atoms with Crippen LogP contribution < -0.4 is 0 Å². The third-order valence-electron chi connectivity index (χ3n) is 0.812. The van der Waals surface area contributed by atoms with Gasteiger partial charge >= 0.3 is 0 Å². The molecule has 52 valence electrons. The van der Waals surface area contributed by atoms with E-state index in [1.165, 1.54) is 0 Å². The second kappa shape index (κ2) is 4.94. The molecule has 2 N–H and O–H groups in total. The van der Waals surface area contributed by atoms with E-state index in [2.05, 4.69) is 19.7 Å². The van der Waals surface area contributed by atoms with Gasteiger partial charge in [0.2, 0.25) is 0 Å². The lowest BCUT2D eigenvalue weighted by Crippen LogP contribution is -1.63. The topological polar surface area (TPSA) is 57.4 Å². The Bertz CT molecular complexity index is 154. The van der Waals surface area contributed by atoms with Gasteiger partial charge in [0, 0.05) is 12.4 Å². The second-order valence-corrected chi connectivity index (χ2v) is 3.42. The number of aromatic amines is 2. The van der Waals surface area contributed by atoms with Crippen molar-refractivity contribution in [3.8, 4) is 0 Å². The Morgan fingerprint density at radius 2 is 1.40 bits per heavy atom. The summed E-state index contributed by atoms with van der Waals surface area (Å²) in [6.45, 7) is 0. The minimum Gasteiger partial charge on any atom is -0.296 e. The molecule has 0 saturated heterocycles. The molecule has 0 saturated carbocycles. The van der Waals surface area contributed by atoms with Crippen molar-refractivity contribution in [3.05, 3.63) is 23.7 Å². The van der Waals surface area contributed by atoms with Gasteiger partial charge in [-0.25, -0.2) is 9.51 Å². The molecule has 0 bridgehead atoms. The molecule has 0 aliphatic rings. The summed E-state index contributed by atoms with van der Waals surface area (Å²) in [5.74, 6) is 0. The van der Waals surface area contributed by atoms with E-state index >= 15 is 0 Å². The summed E-state index contributed by atoms with van der Waals surface area (Å²) >= 11 is 0. The number of aromatic nitrogens is 4. The van der Waals surface area contributed by atoms with Crippen LogP contribution in [0, 0.1) is 0 Å². The van der Waals surface area contributed by atoms with E-state index in [1.54, 1.807) is 0 Å². The van der Waals surface area contributed by atoms with Crippen molar-refractivity contribution in [2.24, 2.45) is 0 Å². The predicted molar refractivity (Wildman–Crippen MR) is 42.7 cm³/mol. The number of hydrogen-bond donors (Lipinski definition) is 2. The first-order valence-electron chi connectivity index (χ1n) is 2.87. The summed E-state index contributed by atoms with van der Waals surface area (Å²) in [4.78, 5) is 0. The van der Waals surface area contributed by atoms with Crippen LogP contribution in [0.25, 0.3) is 0 Å². The maximum Gasteiger partial charge on any atom is 0.167 e. The van der Waals surface area contributed by atoms with E-state index in [4.69, 9.17) is 0 Å². The van der Waals surface area contributed by atoms with Crippen LogP contribution in [-0.2, 0) is 0 Å². The number of H-pyrrole nitrogens is 2. The fraction of sp³-hybridized carbons (Fsp3) is 0. The molecule has 4 nitrogen and oxygen atoms in total. The molecular weight excluding hydrogens is 160 g/mol. The van der Waals surface area contributed by atoms with E-state index in [0.717, 1.165) is 0 Å². The van der Waals surface area contributed by atoms with Crippen LogP contribution in [0.15, 0.2) is 23.7 Å². The zero-order valence-corrected chi connectivity index (χ0v) is 7.67. The van der Waals surface area contributed by atoms with Gasteiger partial charge < -0.3 is 0 Å². The standard InChI is InChI=1S/2C2H4N2Si/c2*1-2-5-4-3-1/h2*1-3,5H. The van der Waals surface area contributed by atoms with Crippen LogP contribution in [0.4, 0.5) is 0 Å². The monoisotopic (exact) mass is 168 g/mol. The van der Waals surface area contributed by atoms with Crippen molar-refractivity contribution >= 4 is 18.6 Å². The largest absolute Gasteiger partial charge is 0.296 e. The summed E-state index contributed by atoms with van der Waals surface area (Å²) in [5.41, 5.74) is 4.08. The number of hydrogen-bond acceptors (Lipinski definition) is 2. The van der Waals surface area contributed by atoms with Crippen molar-refractivity contribution in [1.29, 1.82) is 0 Å². The van der Waals surface area contributed by atoms with Gasteiger partial charge in [0.15, 0.2) is 18.6 Å². The Morgan fingerprint density at radius 3 is 1.50 bits per heavy atom. The molecule has 0 spiro atoms. The van der Waals surface area contributed by atoms with Crippen LogP contribution in [-0.4, -0.2) is 38.3 Å². The van der Waals surface area contributed by atoms with Crippen molar-refractivity contribution in [2.75, 3.05) is 0 Å². The molecule has 0 amide bonds.